The second-order valence-corrected chi connectivity index (χ2v) is 7.07. The van der Waals surface area contributed by atoms with Crippen molar-refractivity contribution in [2.24, 2.45) is 5.92 Å². The first kappa shape index (κ1) is 21.8. The van der Waals surface area contributed by atoms with Crippen LogP contribution in [0.1, 0.15) is 6.42 Å². The number of alkyl halides is 3. The van der Waals surface area contributed by atoms with Gasteiger partial charge < -0.3 is 19.7 Å². The molecular weight excluding hydrogens is 425 g/mol. The molecule has 0 radical (unpaired) electrons. The Hall–Kier alpha value is -2.94. The van der Waals surface area contributed by atoms with E-state index in [4.69, 9.17) is 21.1 Å². The Morgan fingerprint density at radius 1 is 1.23 bits per heavy atom. The lowest BCUT2D eigenvalue weighted by Gasteiger charge is -2.18. The molecule has 0 spiro atoms. The fourth-order valence-corrected chi connectivity index (χ4v) is 3.19. The van der Waals surface area contributed by atoms with Crippen LogP contribution in [-0.4, -0.2) is 38.3 Å². The van der Waals surface area contributed by atoms with E-state index in [1.807, 2.05) is 0 Å². The van der Waals surface area contributed by atoms with E-state index in [0.29, 0.717) is 11.4 Å². The number of nitrogens with zero attached hydrogens (tertiary/aromatic N) is 1. The molecule has 2 aromatic carbocycles. The van der Waals surface area contributed by atoms with Crippen molar-refractivity contribution < 1.29 is 32.2 Å². The van der Waals surface area contributed by atoms with E-state index in [-0.39, 0.29) is 35.3 Å². The quantitative estimate of drug-likeness (QED) is 0.725. The summed E-state index contributed by atoms with van der Waals surface area (Å²) in [5.74, 6) is -0.971. The molecule has 30 heavy (non-hydrogen) atoms. The van der Waals surface area contributed by atoms with Gasteiger partial charge in [0.25, 0.3) is 0 Å². The number of ether oxygens (including phenoxy) is 2. The van der Waals surface area contributed by atoms with Crippen molar-refractivity contribution in [3.63, 3.8) is 0 Å². The second kappa shape index (κ2) is 8.83. The van der Waals surface area contributed by atoms with E-state index in [1.165, 1.54) is 30.2 Å². The number of carbonyl (C=O) groups excluding carboxylic acids is 2. The van der Waals surface area contributed by atoms with Crippen LogP contribution in [0.3, 0.4) is 0 Å². The van der Waals surface area contributed by atoms with Crippen molar-refractivity contribution in [1.29, 1.82) is 0 Å². The lowest BCUT2D eigenvalue weighted by Crippen LogP contribution is -2.28. The Morgan fingerprint density at radius 2 is 1.93 bits per heavy atom. The molecule has 1 fully saturated rings. The molecule has 1 N–H and O–H groups in total. The minimum absolute atomic E-state index is 0.00657. The van der Waals surface area contributed by atoms with Crippen LogP contribution in [-0.2, 0) is 9.59 Å². The van der Waals surface area contributed by atoms with Crippen LogP contribution < -0.4 is 19.7 Å². The highest BCUT2D eigenvalue weighted by Gasteiger charge is 2.35. The molecule has 0 saturated carbocycles. The molecule has 3 rings (SSSR count). The van der Waals surface area contributed by atoms with Gasteiger partial charge in [-0.25, -0.2) is 0 Å². The minimum atomic E-state index is -4.53. The average molecular weight is 443 g/mol. The fraction of sp³-hybridized carbons (Fsp3) is 0.300. The van der Waals surface area contributed by atoms with Gasteiger partial charge in [0.1, 0.15) is 11.5 Å². The number of anilines is 2. The van der Waals surface area contributed by atoms with Crippen molar-refractivity contribution in [2.45, 2.75) is 12.6 Å². The number of rotatable bonds is 6. The molecule has 0 aromatic heterocycles. The first-order valence-corrected chi connectivity index (χ1v) is 9.28. The molecule has 1 saturated heterocycles. The number of hydrogen-bond donors (Lipinski definition) is 1. The molecular formula is C20H18ClF3N2O4. The average Bonchev–Trinajstić information content (AvgIpc) is 3.08. The van der Waals surface area contributed by atoms with Gasteiger partial charge in [0.05, 0.1) is 18.7 Å². The summed E-state index contributed by atoms with van der Waals surface area (Å²) in [6.45, 7) is -1.37. The van der Waals surface area contributed by atoms with Crippen molar-refractivity contribution in [2.75, 3.05) is 30.5 Å². The number of halogens is 4. The predicted molar refractivity (Wildman–Crippen MR) is 105 cm³/mol. The van der Waals surface area contributed by atoms with E-state index < -0.39 is 24.6 Å². The van der Waals surface area contributed by atoms with Crippen molar-refractivity contribution in [3.05, 3.63) is 47.5 Å². The Labute approximate surface area is 175 Å². The van der Waals surface area contributed by atoms with Gasteiger partial charge in [-0.05, 0) is 42.5 Å². The molecule has 2 aromatic rings. The third kappa shape index (κ3) is 5.35. The van der Waals surface area contributed by atoms with E-state index in [1.54, 1.807) is 24.3 Å². The van der Waals surface area contributed by atoms with Gasteiger partial charge in [-0.2, -0.15) is 13.2 Å². The van der Waals surface area contributed by atoms with Crippen LogP contribution in [0.2, 0.25) is 5.02 Å². The SMILES string of the molecule is COc1ccc(N2CC(C(=O)Nc3cc(Cl)ccc3OCC(F)(F)F)CC2=O)cc1. The lowest BCUT2D eigenvalue weighted by atomic mass is 10.1. The summed E-state index contributed by atoms with van der Waals surface area (Å²) in [6.07, 6.45) is -4.56. The number of methoxy groups -OCH3 is 1. The highest BCUT2D eigenvalue weighted by atomic mass is 35.5. The van der Waals surface area contributed by atoms with Gasteiger partial charge in [0.2, 0.25) is 11.8 Å². The maximum absolute atomic E-state index is 12.7. The summed E-state index contributed by atoms with van der Waals surface area (Å²) in [6, 6.07) is 10.7. The Kier molecular flexibility index (Phi) is 6.40. The monoisotopic (exact) mass is 442 g/mol. The van der Waals surface area contributed by atoms with Gasteiger partial charge in [0.15, 0.2) is 6.61 Å². The molecule has 0 bridgehead atoms. The number of benzene rings is 2. The van der Waals surface area contributed by atoms with Crippen LogP contribution in [0, 0.1) is 5.92 Å². The maximum atomic E-state index is 12.7. The van der Waals surface area contributed by atoms with Gasteiger partial charge in [-0.3, -0.25) is 9.59 Å². The van der Waals surface area contributed by atoms with E-state index >= 15 is 0 Å². The molecule has 1 aliphatic rings. The van der Waals surface area contributed by atoms with Gasteiger partial charge in [-0.1, -0.05) is 11.6 Å². The number of nitrogens with one attached hydrogen (secondary N) is 1. The summed E-state index contributed by atoms with van der Waals surface area (Å²) in [4.78, 5) is 26.5. The Bertz CT molecular complexity index is 935. The summed E-state index contributed by atoms with van der Waals surface area (Å²) in [7, 11) is 1.53. The second-order valence-electron chi connectivity index (χ2n) is 6.64. The van der Waals surface area contributed by atoms with Crippen molar-refractivity contribution >= 4 is 34.8 Å². The lowest BCUT2D eigenvalue weighted by molar-refractivity contribution is -0.153. The highest BCUT2D eigenvalue weighted by molar-refractivity contribution is 6.31. The van der Waals surface area contributed by atoms with Crippen molar-refractivity contribution in [1.82, 2.24) is 0 Å². The van der Waals surface area contributed by atoms with Gasteiger partial charge in [0, 0.05) is 23.7 Å². The molecule has 1 heterocycles. The summed E-state index contributed by atoms with van der Waals surface area (Å²) in [5, 5.41) is 2.74. The normalized spacial score (nSPS) is 16.5. The largest absolute Gasteiger partial charge is 0.497 e. The molecule has 2 amide bonds. The predicted octanol–water partition coefficient (Wildman–Crippen LogP) is 4.28. The number of carbonyl (C=O) groups is 2. The van der Waals surface area contributed by atoms with Crippen molar-refractivity contribution in [3.8, 4) is 11.5 Å². The maximum Gasteiger partial charge on any atom is 0.422 e. The van der Waals surface area contributed by atoms with E-state index in [9.17, 15) is 22.8 Å². The van der Waals surface area contributed by atoms with Crippen LogP contribution in [0.5, 0.6) is 11.5 Å². The first-order chi connectivity index (χ1) is 14.2. The summed E-state index contributed by atoms with van der Waals surface area (Å²) < 4.78 is 47.2. The molecule has 1 atom stereocenters. The molecule has 160 valence electrons. The molecule has 1 aliphatic heterocycles. The summed E-state index contributed by atoms with van der Waals surface area (Å²) >= 11 is 5.90. The number of amides is 2. The van der Waals surface area contributed by atoms with Gasteiger partial charge in [-0.15, -0.1) is 0 Å². The first-order valence-electron chi connectivity index (χ1n) is 8.90. The molecule has 6 nitrogen and oxygen atoms in total. The molecule has 10 heteroatoms. The van der Waals surface area contributed by atoms with Crippen LogP contribution >= 0.6 is 11.6 Å². The topological polar surface area (TPSA) is 67.9 Å². The Morgan fingerprint density at radius 3 is 2.57 bits per heavy atom. The fourth-order valence-electron chi connectivity index (χ4n) is 3.02. The summed E-state index contributed by atoms with van der Waals surface area (Å²) in [5.41, 5.74) is 0.625. The molecule has 0 aliphatic carbocycles. The van der Waals surface area contributed by atoms with Crippen LogP contribution in [0.25, 0.3) is 0 Å². The zero-order valence-electron chi connectivity index (χ0n) is 15.8. The molecule has 1 unspecified atom stereocenters. The number of hydrogen-bond acceptors (Lipinski definition) is 4. The zero-order valence-corrected chi connectivity index (χ0v) is 16.6. The Balaban J connectivity index is 1.70. The minimum Gasteiger partial charge on any atom is -0.497 e. The van der Waals surface area contributed by atoms with E-state index in [2.05, 4.69) is 5.32 Å². The van der Waals surface area contributed by atoms with E-state index in [0.717, 1.165) is 0 Å². The zero-order chi connectivity index (χ0) is 21.9. The smallest absolute Gasteiger partial charge is 0.422 e. The third-order valence-electron chi connectivity index (χ3n) is 4.47. The standard InChI is InChI=1S/C20H18ClF3N2O4/c1-29-15-5-3-14(4-6-15)26-10-12(8-18(26)27)19(28)25-16-9-13(21)2-7-17(16)30-11-20(22,23)24/h2-7,9,12H,8,10-11H2,1H3,(H,25,28). The van der Waals surface area contributed by atoms with Crippen LogP contribution in [0.4, 0.5) is 24.5 Å². The van der Waals surface area contributed by atoms with Gasteiger partial charge >= 0.3 is 6.18 Å². The highest BCUT2D eigenvalue weighted by Crippen LogP contribution is 2.32. The van der Waals surface area contributed by atoms with Crippen LogP contribution in [0.15, 0.2) is 42.5 Å². The third-order valence-corrected chi connectivity index (χ3v) is 4.71.